The van der Waals surface area contributed by atoms with Gasteiger partial charge >= 0.3 is 12.0 Å². The van der Waals surface area contributed by atoms with Crippen molar-refractivity contribution >= 4 is 58.1 Å². The molecular formula is C24H21Cl2F2N5O3. The molecule has 1 aliphatic heterocycles. The highest BCUT2D eigenvalue weighted by Crippen LogP contribution is 2.46. The first-order valence-corrected chi connectivity index (χ1v) is 11.7. The number of rotatable bonds is 8. The van der Waals surface area contributed by atoms with E-state index in [0.717, 1.165) is 17.0 Å². The van der Waals surface area contributed by atoms with E-state index in [4.69, 9.17) is 28.3 Å². The average Bonchev–Trinajstić information content (AvgIpc) is 2.90. The van der Waals surface area contributed by atoms with E-state index in [-0.39, 0.29) is 42.6 Å². The molecule has 0 saturated carbocycles. The van der Waals surface area contributed by atoms with Crippen molar-refractivity contribution in [3.05, 3.63) is 64.3 Å². The number of halogens is 4. The molecule has 0 radical (unpaired) electrons. The van der Waals surface area contributed by atoms with E-state index in [1.165, 1.54) is 17.2 Å². The van der Waals surface area contributed by atoms with Crippen molar-refractivity contribution in [3.8, 4) is 11.1 Å². The molecule has 0 saturated heterocycles. The molecule has 4 rings (SSSR count). The second-order valence-electron chi connectivity index (χ2n) is 7.83. The van der Waals surface area contributed by atoms with Crippen LogP contribution in [0.5, 0.6) is 0 Å². The first-order chi connectivity index (χ1) is 17.2. The van der Waals surface area contributed by atoms with Crippen LogP contribution in [0.25, 0.3) is 11.1 Å². The number of benzene rings is 2. The number of nitrogens with one attached hydrogen (secondary N) is 2. The Kier molecular flexibility index (Phi) is 7.58. The van der Waals surface area contributed by atoms with Gasteiger partial charge in [0.25, 0.3) is 0 Å². The quantitative estimate of drug-likeness (QED) is 0.328. The van der Waals surface area contributed by atoms with Crippen LogP contribution >= 0.6 is 23.2 Å². The predicted molar refractivity (Wildman–Crippen MR) is 136 cm³/mol. The Balaban J connectivity index is 1.78. The number of carbonyl (C=O) groups is 2. The van der Waals surface area contributed by atoms with Crippen molar-refractivity contribution < 1.29 is 23.5 Å². The molecule has 2 amide bonds. The van der Waals surface area contributed by atoms with Gasteiger partial charge < -0.3 is 15.7 Å². The Morgan fingerprint density at radius 2 is 1.78 bits per heavy atom. The number of fused-ring (bicyclic) bond motifs is 3. The number of carbonyl (C=O) groups excluding carboxylic acids is 1. The molecule has 3 N–H and O–H groups in total. The van der Waals surface area contributed by atoms with Crippen molar-refractivity contribution in [1.82, 2.24) is 10.3 Å². The SMILES string of the molecule is CCN1C(=O)N(c2c(F)cc(NCCNCC(=O)O)cc2F)c2cc(Cl)ccc2-c2cc(Cl)cnc21. The topological polar surface area (TPSA) is 97.8 Å². The summed E-state index contributed by atoms with van der Waals surface area (Å²) in [5, 5.41) is 14.7. The molecule has 0 unspecified atom stereocenters. The van der Waals surface area contributed by atoms with Crippen LogP contribution in [-0.4, -0.2) is 48.3 Å². The summed E-state index contributed by atoms with van der Waals surface area (Å²) < 4.78 is 30.9. The van der Waals surface area contributed by atoms with Gasteiger partial charge in [-0.1, -0.05) is 29.3 Å². The summed E-state index contributed by atoms with van der Waals surface area (Å²) in [6.07, 6.45) is 1.40. The fraction of sp³-hybridized carbons (Fsp3) is 0.208. The van der Waals surface area contributed by atoms with Crippen LogP contribution in [0.4, 0.5) is 36.5 Å². The standard InChI is InChI=1S/C24H21Cl2F2N5O3/c1-2-32-23-17(7-14(26)11-31-23)16-4-3-13(25)8-20(16)33(24(32)36)22-18(27)9-15(10-19(22)28)30-6-5-29-12-21(34)35/h3-4,7-11,29-30H,2,5-6,12H2,1H3,(H,34,35). The van der Waals surface area contributed by atoms with E-state index in [1.54, 1.807) is 25.1 Å². The maximum Gasteiger partial charge on any atom is 0.334 e. The molecule has 2 heterocycles. The fourth-order valence-electron chi connectivity index (χ4n) is 3.95. The number of carboxylic acid groups (broad SMARTS) is 1. The number of urea groups is 1. The highest BCUT2D eigenvalue weighted by molar-refractivity contribution is 6.32. The van der Waals surface area contributed by atoms with E-state index in [9.17, 15) is 9.59 Å². The smallest absolute Gasteiger partial charge is 0.334 e. The predicted octanol–water partition coefficient (Wildman–Crippen LogP) is 5.52. The molecule has 0 fully saturated rings. The minimum absolute atomic E-state index is 0.128. The summed E-state index contributed by atoms with van der Waals surface area (Å²) in [6.45, 7) is 2.13. The molecule has 188 valence electrons. The normalized spacial score (nSPS) is 12.8. The second kappa shape index (κ2) is 10.7. The number of anilines is 4. The van der Waals surface area contributed by atoms with Crippen molar-refractivity contribution in [2.75, 3.05) is 41.3 Å². The molecule has 8 nitrogen and oxygen atoms in total. The van der Waals surface area contributed by atoms with Gasteiger partial charge in [0.05, 0.1) is 17.3 Å². The van der Waals surface area contributed by atoms with Crippen molar-refractivity contribution in [1.29, 1.82) is 0 Å². The second-order valence-corrected chi connectivity index (χ2v) is 8.71. The summed E-state index contributed by atoms with van der Waals surface area (Å²) in [5.74, 6) is -2.68. The molecule has 0 spiro atoms. The highest BCUT2D eigenvalue weighted by atomic mass is 35.5. The van der Waals surface area contributed by atoms with Crippen LogP contribution in [0, 0.1) is 11.6 Å². The number of pyridine rings is 1. The largest absolute Gasteiger partial charge is 0.480 e. The number of carboxylic acids is 1. The van der Waals surface area contributed by atoms with E-state index < -0.39 is 29.3 Å². The number of nitrogens with zero attached hydrogens (tertiary/aromatic N) is 3. The molecule has 3 aromatic rings. The zero-order valence-electron chi connectivity index (χ0n) is 19.0. The number of hydrogen-bond acceptors (Lipinski definition) is 5. The third kappa shape index (κ3) is 5.06. The number of amides is 2. The average molecular weight is 536 g/mol. The van der Waals surface area contributed by atoms with Crippen LogP contribution in [0.15, 0.2) is 42.6 Å². The molecule has 36 heavy (non-hydrogen) atoms. The van der Waals surface area contributed by atoms with Gasteiger partial charge in [-0.05, 0) is 37.3 Å². The molecular weight excluding hydrogens is 515 g/mol. The summed E-state index contributed by atoms with van der Waals surface area (Å²) >= 11 is 12.4. The van der Waals surface area contributed by atoms with Crippen LogP contribution < -0.4 is 20.4 Å². The Labute approximate surface area is 215 Å². The monoisotopic (exact) mass is 535 g/mol. The molecule has 1 aliphatic rings. The van der Waals surface area contributed by atoms with Gasteiger partial charge in [0, 0.05) is 47.7 Å². The van der Waals surface area contributed by atoms with Gasteiger partial charge in [-0.3, -0.25) is 14.6 Å². The van der Waals surface area contributed by atoms with Crippen LogP contribution in [0.2, 0.25) is 10.0 Å². The molecule has 0 bridgehead atoms. The molecule has 0 atom stereocenters. The third-order valence-electron chi connectivity index (χ3n) is 5.47. The van der Waals surface area contributed by atoms with Crippen LogP contribution in [0.1, 0.15) is 6.92 Å². The fourth-order valence-corrected chi connectivity index (χ4v) is 4.27. The summed E-state index contributed by atoms with van der Waals surface area (Å²) in [4.78, 5) is 30.9. The first-order valence-electron chi connectivity index (χ1n) is 10.9. The lowest BCUT2D eigenvalue weighted by atomic mass is 10.0. The molecule has 1 aromatic heterocycles. The minimum atomic E-state index is -1.01. The van der Waals surface area contributed by atoms with Gasteiger partial charge in [0.2, 0.25) is 0 Å². The molecule has 2 aromatic carbocycles. The lowest BCUT2D eigenvalue weighted by Gasteiger charge is -2.28. The first kappa shape index (κ1) is 25.6. The Bertz CT molecular complexity index is 1320. The maximum atomic E-state index is 15.4. The highest BCUT2D eigenvalue weighted by Gasteiger charge is 2.36. The van der Waals surface area contributed by atoms with Crippen molar-refractivity contribution in [3.63, 3.8) is 0 Å². The van der Waals surface area contributed by atoms with E-state index in [2.05, 4.69) is 15.6 Å². The lowest BCUT2D eigenvalue weighted by Crippen LogP contribution is -2.41. The number of aliphatic carboxylic acids is 1. The van der Waals surface area contributed by atoms with E-state index in [0.29, 0.717) is 22.0 Å². The number of hydrogen-bond donors (Lipinski definition) is 3. The third-order valence-corrected chi connectivity index (χ3v) is 5.91. The van der Waals surface area contributed by atoms with Gasteiger partial charge in [-0.25, -0.2) is 18.6 Å². The van der Waals surface area contributed by atoms with Gasteiger partial charge in [-0.15, -0.1) is 0 Å². The van der Waals surface area contributed by atoms with Crippen LogP contribution in [-0.2, 0) is 4.79 Å². The number of aromatic nitrogens is 1. The van der Waals surface area contributed by atoms with Gasteiger partial charge in [-0.2, -0.15) is 0 Å². The summed E-state index contributed by atoms with van der Waals surface area (Å²) in [6, 6.07) is 7.75. The van der Waals surface area contributed by atoms with Gasteiger partial charge in [0.15, 0.2) is 11.6 Å². The van der Waals surface area contributed by atoms with Crippen LogP contribution in [0.3, 0.4) is 0 Å². The summed E-state index contributed by atoms with van der Waals surface area (Å²) in [5.41, 5.74) is 0.711. The van der Waals surface area contributed by atoms with Gasteiger partial charge in [0.1, 0.15) is 11.5 Å². The molecule has 0 aliphatic carbocycles. The van der Waals surface area contributed by atoms with E-state index >= 15 is 8.78 Å². The zero-order valence-corrected chi connectivity index (χ0v) is 20.5. The van der Waals surface area contributed by atoms with Crippen molar-refractivity contribution in [2.24, 2.45) is 0 Å². The Hall–Kier alpha value is -3.47. The lowest BCUT2D eigenvalue weighted by molar-refractivity contribution is -0.135. The van der Waals surface area contributed by atoms with E-state index in [1.807, 2.05) is 0 Å². The molecule has 12 heteroatoms. The zero-order chi connectivity index (χ0) is 26.0. The maximum absolute atomic E-state index is 15.4. The van der Waals surface area contributed by atoms with Crippen molar-refractivity contribution in [2.45, 2.75) is 6.92 Å². The Morgan fingerprint density at radius 1 is 1.06 bits per heavy atom. The summed E-state index contributed by atoms with van der Waals surface area (Å²) in [7, 11) is 0. The minimum Gasteiger partial charge on any atom is -0.480 e. The Morgan fingerprint density at radius 3 is 2.44 bits per heavy atom.